The molecule has 176 valence electrons. The summed E-state index contributed by atoms with van der Waals surface area (Å²) in [4.78, 5) is 0. The molecule has 1 aromatic heterocycles. The second-order valence-corrected chi connectivity index (χ2v) is 11.8. The first-order valence-corrected chi connectivity index (χ1v) is 13.7. The van der Waals surface area contributed by atoms with E-state index in [1.807, 2.05) is 0 Å². The monoisotopic (exact) mass is 450 g/mol. The van der Waals surface area contributed by atoms with Gasteiger partial charge in [-0.05, 0) is 116 Å². The van der Waals surface area contributed by atoms with Gasteiger partial charge in [0.2, 0.25) is 5.69 Å². The van der Waals surface area contributed by atoms with Crippen molar-refractivity contribution in [1.82, 2.24) is 0 Å². The van der Waals surface area contributed by atoms with E-state index in [4.69, 9.17) is 0 Å². The van der Waals surface area contributed by atoms with Crippen LogP contribution in [0.25, 0.3) is 22.4 Å². The molecule has 3 aromatic rings. The molecule has 1 heteroatoms. The second kappa shape index (κ2) is 8.36. The molecule has 1 spiro atoms. The SMILES string of the molecule is Cc1cc(-c2c(C)ccc3c2Cc2c-3cccc2C2CCC3(CCCCC3)CC2)[n+](C)cc1C. The van der Waals surface area contributed by atoms with E-state index in [0.717, 1.165) is 12.3 Å². The van der Waals surface area contributed by atoms with Gasteiger partial charge in [0.25, 0.3) is 0 Å². The standard InChI is InChI=1S/C33H40N/c1-22-11-12-28-27-10-8-9-26(25-13-17-33(18-14-25)15-6-5-7-16-33)29(27)20-30(28)32(22)31-19-23(2)24(3)21-34(31)4/h8-12,19,21,25H,5-7,13-18,20H2,1-4H3/q+1. The minimum atomic E-state index is 0.692. The Morgan fingerprint density at radius 2 is 1.50 bits per heavy atom. The highest BCUT2D eigenvalue weighted by atomic mass is 14.9. The summed E-state index contributed by atoms with van der Waals surface area (Å²) in [6, 6.07) is 14.3. The van der Waals surface area contributed by atoms with Crippen LogP contribution in [0, 0.1) is 26.2 Å². The predicted octanol–water partition coefficient (Wildman–Crippen LogP) is 8.28. The Labute approximate surface area is 206 Å². The molecule has 1 nitrogen and oxygen atoms in total. The zero-order chi connectivity index (χ0) is 23.4. The van der Waals surface area contributed by atoms with Crippen molar-refractivity contribution in [3.63, 3.8) is 0 Å². The van der Waals surface area contributed by atoms with Gasteiger partial charge in [0.1, 0.15) is 7.05 Å². The second-order valence-electron chi connectivity index (χ2n) is 11.8. The summed E-state index contributed by atoms with van der Waals surface area (Å²) in [5, 5.41) is 0. The topological polar surface area (TPSA) is 3.88 Å². The lowest BCUT2D eigenvalue weighted by Crippen LogP contribution is -2.32. The van der Waals surface area contributed by atoms with Crippen molar-refractivity contribution in [2.45, 2.75) is 90.9 Å². The third kappa shape index (κ3) is 3.55. The van der Waals surface area contributed by atoms with Gasteiger partial charge in [0, 0.05) is 11.6 Å². The summed E-state index contributed by atoms with van der Waals surface area (Å²) in [7, 11) is 2.21. The highest BCUT2D eigenvalue weighted by Crippen LogP contribution is 2.53. The number of fused-ring (bicyclic) bond motifs is 3. The average Bonchev–Trinajstić information content (AvgIpc) is 3.22. The zero-order valence-corrected chi connectivity index (χ0v) is 21.6. The smallest absolute Gasteiger partial charge is 0.201 e. The van der Waals surface area contributed by atoms with Gasteiger partial charge in [-0.25, -0.2) is 4.57 Å². The van der Waals surface area contributed by atoms with Crippen LogP contribution in [0.4, 0.5) is 0 Å². The number of nitrogens with zero attached hydrogens (tertiary/aromatic N) is 1. The largest absolute Gasteiger partial charge is 0.213 e. The van der Waals surface area contributed by atoms with Gasteiger partial charge >= 0.3 is 0 Å². The maximum Gasteiger partial charge on any atom is 0.213 e. The molecule has 0 amide bonds. The van der Waals surface area contributed by atoms with Gasteiger partial charge in [-0.1, -0.05) is 49.6 Å². The summed E-state index contributed by atoms with van der Waals surface area (Å²) in [5.74, 6) is 0.749. The number of hydrogen-bond acceptors (Lipinski definition) is 0. The van der Waals surface area contributed by atoms with E-state index in [1.165, 1.54) is 96.9 Å². The number of aromatic nitrogens is 1. The van der Waals surface area contributed by atoms with Crippen LogP contribution >= 0.6 is 0 Å². The average molecular weight is 451 g/mol. The van der Waals surface area contributed by atoms with Gasteiger partial charge < -0.3 is 0 Å². The molecule has 2 fully saturated rings. The van der Waals surface area contributed by atoms with Crippen molar-refractivity contribution in [3.8, 4) is 22.4 Å². The molecule has 6 rings (SSSR count). The van der Waals surface area contributed by atoms with Crippen LogP contribution in [0.15, 0.2) is 42.6 Å². The molecule has 0 saturated heterocycles. The van der Waals surface area contributed by atoms with Crippen molar-refractivity contribution in [3.05, 3.63) is 76.0 Å². The summed E-state index contributed by atoms with van der Waals surface area (Å²) in [6.07, 6.45) is 16.5. The first-order chi connectivity index (χ1) is 16.5. The number of pyridine rings is 1. The maximum absolute atomic E-state index is 2.47. The Kier molecular flexibility index (Phi) is 5.43. The molecule has 1 heterocycles. The van der Waals surface area contributed by atoms with E-state index in [-0.39, 0.29) is 0 Å². The van der Waals surface area contributed by atoms with Crippen molar-refractivity contribution >= 4 is 0 Å². The van der Waals surface area contributed by atoms with E-state index >= 15 is 0 Å². The molecule has 3 aliphatic rings. The Balaban J connectivity index is 1.37. The number of rotatable bonds is 2. The van der Waals surface area contributed by atoms with Crippen LogP contribution in [-0.2, 0) is 13.5 Å². The number of aryl methyl sites for hydroxylation is 4. The first-order valence-electron chi connectivity index (χ1n) is 13.7. The van der Waals surface area contributed by atoms with E-state index in [1.54, 1.807) is 16.7 Å². The summed E-state index contributed by atoms with van der Waals surface area (Å²) < 4.78 is 2.33. The Morgan fingerprint density at radius 1 is 0.765 bits per heavy atom. The molecule has 2 aromatic carbocycles. The van der Waals surface area contributed by atoms with Crippen LogP contribution in [0.1, 0.15) is 97.1 Å². The minimum absolute atomic E-state index is 0.692. The van der Waals surface area contributed by atoms with Gasteiger partial charge in [-0.3, -0.25) is 0 Å². The quantitative estimate of drug-likeness (QED) is 0.270. The van der Waals surface area contributed by atoms with E-state index in [9.17, 15) is 0 Å². The van der Waals surface area contributed by atoms with Crippen molar-refractivity contribution in [1.29, 1.82) is 0 Å². The summed E-state index contributed by atoms with van der Waals surface area (Å²) in [6.45, 7) is 6.75. The highest BCUT2D eigenvalue weighted by Gasteiger charge is 2.38. The van der Waals surface area contributed by atoms with Crippen LogP contribution in [-0.4, -0.2) is 0 Å². The number of benzene rings is 2. The molecule has 0 aliphatic heterocycles. The lowest BCUT2D eigenvalue weighted by atomic mass is 9.62. The molecular formula is C33H40N+. The van der Waals surface area contributed by atoms with Gasteiger partial charge in [0.15, 0.2) is 6.20 Å². The van der Waals surface area contributed by atoms with E-state index in [2.05, 4.69) is 75.0 Å². The zero-order valence-electron chi connectivity index (χ0n) is 21.6. The molecule has 34 heavy (non-hydrogen) atoms. The Bertz CT molecular complexity index is 1250. The number of hydrogen-bond donors (Lipinski definition) is 0. The Hall–Kier alpha value is -2.41. The van der Waals surface area contributed by atoms with Crippen molar-refractivity contribution < 1.29 is 4.57 Å². The van der Waals surface area contributed by atoms with Gasteiger partial charge in [-0.2, -0.15) is 0 Å². The minimum Gasteiger partial charge on any atom is -0.201 e. The van der Waals surface area contributed by atoms with E-state index in [0.29, 0.717) is 5.41 Å². The molecule has 3 aliphatic carbocycles. The lowest BCUT2D eigenvalue weighted by molar-refractivity contribution is -0.660. The fourth-order valence-corrected chi connectivity index (χ4v) is 7.65. The Morgan fingerprint density at radius 3 is 2.26 bits per heavy atom. The molecule has 0 bridgehead atoms. The van der Waals surface area contributed by atoms with Crippen molar-refractivity contribution in [2.75, 3.05) is 0 Å². The summed E-state index contributed by atoms with van der Waals surface area (Å²) in [5.41, 5.74) is 15.4. The maximum atomic E-state index is 2.47. The van der Waals surface area contributed by atoms with Crippen LogP contribution in [0.5, 0.6) is 0 Å². The van der Waals surface area contributed by atoms with Gasteiger partial charge in [0.05, 0.1) is 5.56 Å². The molecule has 0 radical (unpaired) electrons. The predicted molar refractivity (Wildman–Crippen MR) is 142 cm³/mol. The van der Waals surface area contributed by atoms with Crippen LogP contribution < -0.4 is 4.57 Å². The molecule has 0 unspecified atom stereocenters. The first kappa shape index (κ1) is 22.1. The van der Waals surface area contributed by atoms with Crippen LogP contribution in [0.2, 0.25) is 0 Å². The van der Waals surface area contributed by atoms with Crippen LogP contribution in [0.3, 0.4) is 0 Å². The normalized spacial score (nSPS) is 19.3. The third-order valence-corrected chi connectivity index (χ3v) is 9.78. The summed E-state index contributed by atoms with van der Waals surface area (Å²) >= 11 is 0. The molecular weight excluding hydrogens is 410 g/mol. The molecule has 0 atom stereocenters. The fraction of sp³-hybridized carbons (Fsp3) is 0.485. The van der Waals surface area contributed by atoms with Crippen molar-refractivity contribution in [2.24, 2.45) is 12.5 Å². The van der Waals surface area contributed by atoms with Gasteiger partial charge in [-0.15, -0.1) is 0 Å². The molecule has 2 saturated carbocycles. The highest BCUT2D eigenvalue weighted by molar-refractivity contribution is 5.85. The fourth-order valence-electron chi connectivity index (χ4n) is 7.65. The lowest BCUT2D eigenvalue weighted by Gasteiger charge is -2.43. The molecule has 0 N–H and O–H groups in total. The van der Waals surface area contributed by atoms with E-state index < -0.39 is 0 Å². The third-order valence-electron chi connectivity index (χ3n) is 9.78.